The van der Waals surface area contributed by atoms with Gasteiger partial charge in [0.1, 0.15) is 5.82 Å². The normalized spacial score (nSPS) is 25.9. The van der Waals surface area contributed by atoms with Crippen molar-refractivity contribution in [2.75, 3.05) is 25.6 Å². The number of benzene rings is 2. The summed E-state index contributed by atoms with van der Waals surface area (Å²) in [5.74, 6) is 0.999. The predicted molar refractivity (Wildman–Crippen MR) is 164 cm³/mol. The molecule has 0 aliphatic heterocycles. The van der Waals surface area contributed by atoms with Gasteiger partial charge < -0.3 is 26.2 Å². The number of nitrogens with two attached hydrogens (primary N) is 1. The van der Waals surface area contributed by atoms with E-state index in [9.17, 15) is 9.90 Å². The molecule has 2 aliphatic rings. The van der Waals surface area contributed by atoms with Crippen LogP contribution in [0.3, 0.4) is 0 Å². The number of carbonyl (C=O) groups excluding carboxylic acids is 1. The van der Waals surface area contributed by atoms with Crippen LogP contribution in [0.4, 0.5) is 5.82 Å². The van der Waals surface area contributed by atoms with Gasteiger partial charge in [-0.2, -0.15) is 0 Å². The van der Waals surface area contributed by atoms with Crippen molar-refractivity contribution in [3.63, 3.8) is 0 Å². The SMILES string of the molecule is COCCCNC1CCC(CC(=O)Nc2cc(-c3ccccc3)c(-c3ccc(C4(N)CC(C)(O)C4)cc3)cn2)CC1. The largest absolute Gasteiger partial charge is 0.390 e. The fourth-order valence-corrected chi connectivity index (χ4v) is 6.65. The molecule has 1 aromatic heterocycles. The van der Waals surface area contributed by atoms with Crippen molar-refractivity contribution in [3.05, 3.63) is 72.4 Å². The number of anilines is 1. The fourth-order valence-electron chi connectivity index (χ4n) is 6.65. The number of nitrogens with zero attached hydrogens (tertiary/aromatic N) is 1. The summed E-state index contributed by atoms with van der Waals surface area (Å²) >= 11 is 0. The molecule has 0 radical (unpaired) electrons. The minimum Gasteiger partial charge on any atom is -0.390 e. The first-order chi connectivity index (χ1) is 19.7. The van der Waals surface area contributed by atoms with Gasteiger partial charge in [0.05, 0.1) is 5.60 Å². The van der Waals surface area contributed by atoms with Crippen molar-refractivity contribution in [1.82, 2.24) is 10.3 Å². The van der Waals surface area contributed by atoms with Gasteiger partial charge in [0.15, 0.2) is 0 Å². The molecule has 5 N–H and O–H groups in total. The summed E-state index contributed by atoms with van der Waals surface area (Å²) in [6.45, 7) is 3.60. The van der Waals surface area contributed by atoms with Crippen molar-refractivity contribution < 1.29 is 14.6 Å². The van der Waals surface area contributed by atoms with Crippen LogP contribution in [0.1, 0.15) is 63.9 Å². The zero-order chi connectivity index (χ0) is 28.9. The highest BCUT2D eigenvalue weighted by Gasteiger charge is 2.49. The van der Waals surface area contributed by atoms with E-state index in [0.29, 0.717) is 37.0 Å². The zero-order valence-corrected chi connectivity index (χ0v) is 24.4. The van der Waals surface area contributed by atoms with Crippen molar-refractivity contribution in [2.24, 2.45) is 11.7 Å². The molecular weight excluding hydrogens is 512 g/mol. The molecule has 2 saturated carbocycles. The molecule has 41 heavy (non-hydrogen) atoms. The van der Waals surface area contributed by atoms with Crippen molar-refractivity contribution in [1.29, 1.82) is 0 Å². The molecule has 0 spiro atoms. The number of aromatic nitrogens is 1. The Bertz CT molecular complexity index is 1290. The van der Waals surface area contributed by atoms with E-state index in [4.69, 9.17) is 10.5 Å². The lowest BCUT2D eigenvalue weighted by Crippen LogP contribution is -2.58. The lowest BCUT2D eigenvalue weighted by atomic mass is 9.63. The van der Waals surface area contributed by atoms with Crippen LogP contribution in [0.2, 0.25) is 0 Å². The number of pyridine rings is 1. The van der Waals surface area contributed by atoms with E-state index in [1.807, 2.05) is 37.4 Å². The van der Waals surface area contributed by atoms with Gasteiger partial charge in [-0.3, -0.25) is 4.79 Å². The molecule has 0 unspecified atom stereocenters. The van der Waals surface area contributed by atoms with Gasteiger partial charge in [-0.05, 0) is 92.7 Å². The van der Waals surface area contributed by atoms with Crippen LogP contribution in [0.5, 0.6) is 0 Å². The minimum absolute atomic E-state index is 0.0229. The first-order valence-electron chi connectivity index (χ1n) is 14.9. The Hall–Kier alpha value is -3.10. The average Bonchev–Trinajstić information content (AvgIpc) is 2.95. The molecule has 0 bridgehead atoms. The molecule has 218 valence electrons. The molecule has 3 aromatic rings. The van der Waals surface area contributed by atoms with Crippen LogP contribution in [-0.2, 0) is 15.1 Å². The molecule has 2 aliphatic carbocycles. The van der Waals surface area contributed by atoms with Crippen LogP contribution in [0, 0.1) is 5.92 Å². The summed E-state index contributed by atoms with van der Waals surface area (Å²) in [7, 11) is 1.74. The van der Waals surface area contributed by atoms with Crippen LogP contribution >= 0.6 is 0 Å². The number of aliphatic hydroxyl groups is 1. The number of rotatable bonds is 11. The van der Waals surface area contributed by atoms with Gasteiger partial charge in [0, 0.05) is 43.5 Å². The maximum absolute atomic E-state index is 13.0. The summed E-state index contributed by atoms with van der Waals surface area (Å²) in [5.41, 5.74) is 10.5. The van der Waals surface area contributed by atoms with Crippen LogP contribution < -0.4 is 16.4 Å². The van der Waals surface area contributed by atoms with Gasteiger partial charge in [-0.25, -0.2) is 4.98 Å². The highest BCUT2D eigenvalue weighted by atomic mass is 16.5. The van der Waals surface area contributed by atoms with Gasteiger partial charge in [0.2, 0.25) is 5.91 Å². The third-order valence-electron chi connectivity index (χ3n) is 8.70. The second kappa shape index (κ2) is 12.8. The van der Waals surface area contributed by atoms with E-state index in [0.717, 1.165) is 73.1 Å². The van der Waals surface area contributed by atoms with Crippen molar-refractivity contribution >= 4 is 11.7 Å². The Morgan fingerprint density at radius 2 is 1.71 bits per heavy atom. The molecule has 2 aromatic carbocycles. The standard InChI is InChI=1S/C34H44N4O3/c1-33(40)22-34(35,23-33)27-13-11-26(12-14-27)30-21-37-31(20-29(30)25-7-4-3-5-8-25)38-32(39)19-24-9-15-28(16-10-24)36-17-6-18-41-2/h3-5,7-8,11-14,20-21,24,28,36,40H,6,9-10,15-19,22-23,35H2,1-2H3,(H,37,38,39). The third kappa shape index (κ3) is 7.41. The third-order valence-corrected chi connectivity index (χ3v) is 8.70. The van der Waals surface area contributed by atoms with E-state index in [1.54, 1.807) is 7.11 Å². The molecule has 7 nitrogen and oxygen atoms in total. The second-order valence-electron chi connectivity index (χ2n) is 12.3. The van der Waals surface area contributed by atoms with E-state index >= 15 is 0 Å². The van der Waals surface area contributed by atoms with Crippen LogP contribution in [0.25, 0.3) is 22.3 Å². The smallest absolute Gasteiger partial charge is 0.225 e. The fraction of sp³-hybridized carbons (Fsp3) is 0.471. The molecule has 2 fully saturated rings. The maximum atomic E-state index is 13.0. The summed E-state index contributed by atoms with van der Waals surface area (Å²) in [6.07, 6.45) is 8.85. The number of amides is 1. The van der Waals surface area contributed by atoms with Crippen LogP contribution in [-0.4, -0.2) is 47.9 Å². The second-order valence-corrected chi connectivity index (χ2v) is 12.3. The topological polar surface area (TPSA) is 110 Å². The lowest BCUT2D eigenvalue weighted by molar-refractivity contribution is -0.117. The number of hydrogen-bond donors (Lipinski definition) is 4. The molecule has 1 amide bonds. The highest BCUT2D eigenvalue weighted by Crippen LogP contribution is 2.46. The van der Waals surface area contributed by atoms with Gasteiger partial charge >= 0.3 is 0 Å². The lowest BCUT2D eigenvalue weighted by Gasteiger charge is -2.49. The van der Waals surface area contributed by atoms with E-state index < -0.39 is 11.1 Å². The van der Waals surface area contributed by atoms with Gasteiger partial charge in [0.25, 0.3) is 0 Å². The summed E-state index contributed by atoms with van der Waals surface area (Å²) in [4.78, 5) is 17.7. The molecule has 7 heteroatoms. The number of methoxy groups -OCH3 is 1. The molecule has 5 rings (SSSR count). The van der Waals surface area contributed by atoms with Crippen molar-refractivity contribution in [3.8, 4) is 22.3 Å². The Balaban J connectivity index is 1.25. The first-order valence-corrected chi connectivity index (χ1v) is 14.9. The molecule has 0 atom stereocenters. The van der Waals surface area contributed by atoms with Crippen LogP contribution in [0.15, 0.2) is 66.9 Å². The Labute approximate surface area is 243 Å². The van der Waals surface area contributed by atoms with E-state index in [-0.39, 0.29) is 5.91 Å². The number of nitrogens with one attached hydrogen (secondary N) is 2. The molecule has 0 saturated heterocycles. The highest BCUT2D eigenvalue weighted by molar-refractivity contribution is 5.92. The minimum atomic E-state index is -0.696. The summed E-state index contributed by atoms with van der Waals surface area (Å²) in [6, 6.07) is 21.0. The predicted octanol–water partition coefficient (Wildman–Crippen LogP) is 5.63. The number of ether oxygens (including phenoxy) is 1. The summed E-state index contributed by atoms with van der Waals surface area (Å²) in [5, 5.41) is 16.9. The molecule has 1 heterocycles. The Kier molecular flexibility index (Phi) is 9.19. The first kappa shape index (κ1) is 29.4. The monoisotopic (exact) mass is 556 g/mol. The number of carbonyl (C=O) groups is 1. The zero-order valence-electron chi connectivity index (χ0n) is 24.4. The van der Waals surface area contributed by atoms with E-state index in [1.165, 1.54) is 0 Å². The molecular formula is C34H44N4O3. The summed E-state index contributed by atoms with van der Waals surface area (Å²) < 4.78 is 5.13. The Morgan fingerprint density at radius 1 is 1.02 bits per heavy atom. The van der Waals surface area contributed by atoms with Gasteiger partial charge in [-0.1, -0.05) is 54.6 Å². The number of hydrogen-bond acceptors (Lipinski definition) is 6. The van der Waals surface area contributed by atoms with Crippen molar-refractivity contribution in [2.45, 2.75) is 75.5 Å². The Morgan fingerprint density at radius 3 is 2.37 bits per heavy atom. The average molecular weight is 557 g/mol. The maximum Gasteiger partial charge on any atom is 0.225 e. The van der Waals surface area contributed by atoms with Gasteiger partial charge in [-0.15, -0.1) is 0 Å². The van der Waals surface area contributed by atoms with E-state index in [2.05, 4.69) is 52.0 Å². The quantitative estimate of drug-likeness (QED) is 0.228.